The minimum absolute atomic E-state index is 0.103. The highest BCUT2D eigenvalue weighted by atomic mass is 16.3. The highest BCUT2D eigenvalue weighted by Gasteiger charge is 2.34. The van der Waals surface area contributed by atoms with Crippen molar-refractivity contribution < 1.29 is 34.2 Å². The molecule has 0 aliphatic carbocycles. The van der Waals surface area contributed by atoms with Crippen LogP contribution in [0.5, 0.6) is 0 Å². The summed E-state index contributed by atoms with van der Waals surface area (Å²) in [5.74, 6) is -2.53. The molecule has 0 aromatic heterocycles. The van der Waals surface area contributed by atoms with Gasteiger partial charge in [-0.1, -0.05) is 92.1 Å². The molecule has 0 fully saturated rings. The summed E-state index contributed by atoms with van der Waals surface area (Å²) < 4.78 is 0. The van der Waals surface area contributed by atoms with Crippen molar-refractivity contribution in [1.29, 1.82) is 0 Å². The van der Waals surface area contributed by atoms with E-state index in [1.54, 1.807) is 27.7 Å². The summed E-state index contributed by atoms with van der Waals surface area (Å²) in [4.78, 5) is 66.4. The molecule has 284 valence electrons. The van der Waals surface area contributed by atoms with Crippen LogP contribution in [0.25, 0.3) is 0 Å². The number of hydrogen-bond acceptors (Lipinski definition) is 7. The molecule has 6 unspecified atom stereocenters. The van der Waals surface area contributed by atoms with Crippen molar-refractivity contribution in [2.24, 2.45) is 23.7 Å². The molecule has 0 aliphatic heterocycles. The van der Waals surface area contributed by atoms with Gasteiger partial charge >= 0.3 is 0 Å². The number of rotatable bonds is 22. The molecule has 1 aromatic carbocycles. The molecule has 12 nitrogen and oxygen atoms in total. The van der Waals surface area contributed by atoms with Crippen LogP contribution in [0.2, 0.25) is 0 Å². The van der Waals surface area contributed by atoms with Gasteiger partial charge in [-0.15, -0.1) is 0 Å². The molecule has 7 N–H and O–H groups in total. The van der Waals surface area contributed by atoms with Gasteiger partial charge in [-0.3, -0.25) is 24.0 Å². The molecule has 0 saturated carbocycles. The van der Waals surface area contributed by atoms with E-state index in [0.717, 1.165) is 5.56 Å². The van der Waals surface area contributed by atoms with Crippen LogP contribution in [-0.4, -0.2) is 82.2 Å². The van der Waals surface area contributed by atoms with E-state index >= 15 is 0 Å². The second-order valence-electron chi connectivity index (χ2n) is 15.4. The maximum Gasteiger partial charge on any atom is 0.243 e. The van der Waals surface area contributed by atoms with Crippen LogP contribution >= 0.6 is 0 Å². The van der Waals surface area contributed by atoms with Crippen LogP contribution in [0.3, 0.4) is 0 Å². The summed E-state index contributed by atoms with van der Waals surface area (Å²) in [5, 5.41) is 35.0. The number of carbonyl (C=O) groups excluding carboxylic acids is 5. The zero-order valence-electron chi connectivity index (χ0n) is 32.0. The topological polar surface area (TPSA) is 186 Å². The number of aliphatic hydroxyl groups excluding tert-OH is 2. The van der Waals surface area contributed by atoms with E-state index < -0.39 is 60.0 Å². The molecule has 0 heterocycles. The second-order valence-corrected chi connectivity index (χ2v) is 15.4. The van der Waals surface area contributed by atoms with Gasteiger partial charge < -0.3 is 36.8 Å². The van der Waals surface area contributed by atoms with Crippen LogP contribution < -0.4 is 26.6 Å². The average molecular weight is 704 g/mol. The summed E-state index contributed by atoms with van der Waals surface area (Å²) in [6.07, 6.45) is 0.0749. The van der Waals surface area contributed by atoms with Crippen molar-refractivity contribution >= 4 is 29.5 Å². The smallest absolute Gasteiger partial charge is 0.243 e. The third kappa shape index (κ3) is 16.5. The number of amides is 5. The molecule has 0 aliphatic rings. The second kappa shape index (κ2) is 21.6. The molecular formula is C38H65N5O7. The molecule has 0 saturated heterocycles. The lowest BCUT2D eigenvalue weighted by Crippen LogP contribution is -2.59. The standard InChI is InChI=1S/C38H65N5O7/c1-11-26(8)34(37(50)43-38(9,10)17-18-44)41-32(47)22-30(45)28(21-27-15-13-12-14-16-27)40-36(49)33(25(6)7)42-35(48)29(19-23(2)3)39-31(46)20-24(4)5/h12-16,23-26,28-30,33-34,44-45H,11,17-22H2,1-10H3,(H,39,46)(H,40,49)(H,41,47)(H,42,48)(H,43,50). The lowest BCUT2D eigenvalue weighted by Gasteiger charge is -2.32. The minimum atomic E-state index is -1.34. The molecular weight excluding hydrogens is 638 g/mol. The van der Waals surface area contributed by atoms with E-state index in [1.165, 1.54) is 0 Å². The largest absolute Gasteiger partial charge is 0.396 e. The van der Waals surface area contributed by atoms with E-state index in [9.17, 15) is 34.2 Å². The van der Waals surface area contributed by atoms with E-state index in [0.29, 0.717) is 19.3 Å². The Morgan fingerprint density at radius 2 is 1.34 bits per heavy atom. The van der Waals surface area contributed by atoms with Crippen molar-refractivity contribution in [3.8, 4) is 0 Å². The van der Waals surface area contributed by atoms with E-state index in [2.05, 4.69) is 26.6 Å². The van der Waals surface area contributed by atoms with Gasteiger partial charge in [0.1, 0.15) is 18.1 Å². The molecule has 1 rings (SSSR count). The van der Waals surface area contributed by atoms with Gasteiger partial charge in [0.25, 0.3) is 0 Å². The fourth-order valence-corrected chi connectivity index (χ4v) is 5.56. The Labute approximate surface area is 299 Å². The fraction of sp³-hybridized carbons (Fsp3) is 0.711. The first-order valence-electron chi connectivity index (χ1n) is 18.1. The first-order chi connectivity index (χ1) is 23.3. The van der Waals surface area contributed by atoms with Gasteiger partial charge in [-0.25, -0.2) is 0 Å². The van der Waals surface area contributed by atoms with Crippen molar-refractivity contribution in [2.75, 3.05) is 6.61 Å². The van der Waals surface area contributed by atoms with Crippen molar-refractivity contribution in [3.05, 3.63) is 35.9 Å². The first-order valence-corrected chi connectivity index (χ1v) is 18.1. The summed E-state index contributed by atoms with van der Waals surface area (Å²) in [5.41, 5.74) is 0.124. The van der Waals surface area contributed by atoms with E-state index in [1.807, 2.05) is 71.9 Å². The molecule has 12 heteroatoms. The van der Waals surface area contributed by atoms with E-state index in [4.69, 9.17) is 0 Å². The first kappa shape index (κ1) is 44.5. The molecule has 0 spiro atoms. The van der Waals surface area contributed by atoms with Crippen molar-refractivity contribution in [1.82, 2.24) is 26.6 Å². The normalized spacial score (nSPS) is 15.4. The summed E-state index contributed by atoms with van der Waals surface area (Å²) in [6, 6.07) is 5.62. The lowest BCUT2D eigenvalue weighted by atomic mass is 9.94. The van der Waals surface area contributed by atoms with Gasteiger partial charge in [0.2, 0.25) is 29.5 Å². The quantitative estimate of drug-likeness (QED) is 0.0968. The van der Waals surface area contributed by atoms with Crippen LogP contribution in [0.1, 0.15) is 107 Å². The van der Waals surface area contributed by atoms with Crippen LogP contribution in [0.15, 0.2) is 30.3 Å². The fourth-order valence-electron chi connectivity index (χ4n) is 5.56. The van der Waals surface area contributed by atoms with Gasteiger partial charge in [-0.05, 0) is 62.3 Å². The summed E-state index contributed by atoms with van der Waals surface area (Å²) >= 11 is 0. The molecule has 0 bridgehead atoms. The Balaban J connectivity index is 3.22. The SMILES string of the molecule is CCC(C)C(NC(=O)CC(O)C(Cc1ccccc1)NC(=O)C(NC(=O)C(CC(C)C)NC(=O)CC(C)C)C(C)C)C(=O)NC(C)(C)CCO. The molecule has 5 amide bonds. The Morgan fingerprint density at radius 1 is 0.740 bits per heavy atom. The predicted molar refractivity (Wildman–Crippen MR) is 196 cm³/mol. The Bertz CT molecular complexity index is 1220. The van der Waals surface area contributed by atoms with Gasteiger partial charge in [-0.2, -0.15) is 0 Å². The maximum absolute atomic E-state index is 13.8. The number of carbonyl (C=O) groups is 5. The number of benzene rings is 1. The predicted octanol–water partition coefficient (Wildman–Crippen LogP) is 2.99. The monoisotopic (exact) mass is 703 g/mol. The Kier molecular flexibility index (Phi) is 19.3. The van der Waals surface area contributed by atoms with Crippen molar-refractivity contribution in [2.45, 2.75) is 144 Å². The lowest BCUT2D eigenvalue weighted by molar-refractivity contribution is -0.134. The molecule has 1 aromatic rings. The summed E-state index contributed by atoms with van der Waals surface area (Å²) in [6.45, 7) is 18.5. The minimum Gasteiger partial charge on any atom is -0.396 e. The van der Waals surface area contributed by atoms with Gasteiger partial charge in [0.05, 0.1) is 18.6 Å². The molecule has 6 atom stereocenters. The number of hydrogen-bond donors (Lipinski definition) is 7. The Morgan fingerprint density at radius 3 is 1.86 bits per heavy atom. The summed E-state index contributed by atoms with van der Waals surface area (Å²) in [7, 11) is 0. The Hall–Kier alpha value is -3.51. The van der Waals surface area contributed by atoms with Gasteiger partial charge in [0.15, 0.2) is 0 Å². The highest BCUT2D eigenvalue weighted by molar-refractivity contribution is 5.92. The highest BCUT2D eigenvalue weighted by Crippen LogP contribution is 2.16. The molecule has 0 radical (unpaired) electrons. The van der Waals surface area contributed by atoms with Crippen LogP contribution in [0.4, 0.5) is 0 Å². The number of nitrogens with one attached hydrogen (secondary N) is 5. The third-order valence-corrected chi connectivity index (χ3v) is 8.69. The number of aliphatic hydroxyl groups is 2. The zero-order valence-corrected chi connectivity index (χ0v) is 32.0. The van der Waals surface area contributed by atoms with Crippen molar-refractivity contribution in [3.63, 3.8) is 0 Å². The third-order valence-electron chi connectivity index (χ3n) is 8.69. The molecule has 50 heavy (non-hydrogen) atoms. The zero-order chi connectivity index (χ0) is 38.2. The van der Waals surface area contributed by atoms with Gasteiger partial charge in [0, 0.05) is 18.6 Å². The average Bonchev–Trinajstić information content (AvgIpc) is 3.00. The van der Waals surface area contributed by atoms with Crippen LogP contribution in [-0.2, 0) is 30.4 Å². The van der Waals surface area contributed by atoms with Crippen LogP contribution in [0, 0.1) is 23.7 Å². The maximum atomic E-state index is 13.8. The van der Waals surface area contributed by atoms with E-state index in [-0.39, 0.29) is 54.9 Å².